The molecule has 0 spiro atoms. The lowest BCUT2D eigenvalue weighted by Gasteiger charge is -2.23. The van der Waals surface area contributed by atoms with E-state index in [1.165, 1.54) is 0 Å². The van der Waals surface area contributed by atoms with Crippen molar-refractivity contribution in [2.45, 2.75) is 63.1 Å². The largest absolute Gasteiger partial charge is 0.480 e. The number of nitrogens with two attached hydrogens (primary N) is 5. The lowest BCUT2D eigenvalue weighted by Crippen LogP contribution is -2.54. The molecule has 0 rings (SSSR count). The zero-order valence-corrected chi connectivity index (χ0v) is 17.0. The molecule has 0 heterocycles. The smallest absolute Gasteiger partial charge is 0.326 e. The van der Waals surface area contributed by atoms with Gasteiger partial charge in [0.2, 0.25) is 17.7 Å². The summed E-state index contributed by atoms with van der Waals surface area (Å²) in [5, 5.41) is 14.1. The first-order valence-corrected chi connectivity index (χ1v) is 9.71. The highest BCUT2D eigenvalue weighted by Crippen LogP contribution is 2.05. The molecule has 13 nitrogen and oxygen atoms in total. The second kappa shape index (κ2) is 15.0. The third-order valence-electron chi connectivity index (χ3n) is 4.18. The number of carboxylic acids is 1. The molecule has 30 heavy (non-hydrogen) atoms. The van der Waals surface area contributed by atoms with Crippen molar-refractivity contribution in [3.8, 4) is 0 Å². The fourth-order valence-corrected chi connectivity index (χ4v) is 2.51. The number of unbranched alkanes of at least 4 members (excludes halogenated alkanes) is 1. The second-order valence-electron chi connectivity index (χ2n) is 6.81. The Labute approximate surface area is 175 Å². The fourth-order valence-electron chi connectivity index (χ4n) is 2.51. The average Bonchev–Trinajstić information content (AvgIpc) is 2.66. The molecule has 0 radical (unpaired) electrons. The number of rotatable bonds is 16. The Morgan fingerprint density at radius 3 is 2.03 bits per heavy atom. The number of hydrogen-bond acceptors (Lipinski definition) is 7. The highest BCUT2D eigenvalue weighted by atomic mass is 16.4. The van der Waals surface area contributed by atoms with E-state index in [0.717, 1.165) is 0 Å². The topological polar surface area (TPSA) is 255 Å². The van der Waals surface area contributed by atoms with E-state index < -0.39 is 41.8 Å². The van der Waals surface area contributed by atoms with Crippen LogP contribution in [0.25, 0.3) is 0 Å². The Hall–Kier alpha value is -2.93. The summed E-state index contributed by atoms with van der Waals surface area (Å²) >= 11 is 0. The monoisotopic (exact) mass is 430 g/mol. The fraction of sp³-hybridized carbons (Fsp3) is 0.706. The van der Waals surface area contributed by atoms with Crippen LogP contribution in [-0.2, 0) is 19.2 Å². The van der Waals surface area contributed by atoms with E-state index in [1.807, 2.05) is 0 Å². The highest BCUT2D eigenvalue weighted by molar-refractivity contribution is 5.91. The zero-order valence-electron chi connectivity index (χ0n) is 17.0. The van der Waals surface area contributed by atoms with Crippen LogP contribution in [0.1, 0.15) is 44.9 Å². The standard InChI is InChI=1S/C17H34N8O5/c18-8-2-1-5-11(15(28)25-12(16(29)30)6-7-13(20)26)24-14(27)10(19)4-3-9-23-17(21)22/h10-12H,1-9,18-19H2,(H2,20,26)(H,24,27)(H,25,28)(H,29,30)(H4,21,22,23). The molecule has 3 amide bonds. The number of nitrogens with zero attached hydrogens (tertiary/aromatic N) is 1. The number of hydrogen-bond donors (Lipinski definition) is 8. The van der Waals surface area contributed by atoms with Gasteiger partial charge in [-0.2, -0.15) is 0 Å². The molecule has 0 aromatic rings. The molecular formula is C17H34N8O5. The summed E-state index contributed by atoms with van der Waals surface area (Å²) in [5.41, 5.74) is 26.8. The van der Waals surface area contributed by atoms with Gasteiger partial charge in [0.15, 0.2) is 5.96 Å². The SMILES string of the molecule is NCCCCC(NC(=O)C(N)CCCN=C(N)N)C(=O)NC(CCC(N)=O)C(=O)O. The number of carbonyl (C=O) groups is 4. The Kier molecular flexibility index (Phi) is 13.5. The molecule has 3 atom stereocenters. The summed E-state index contributed by atoms with van der Waals surface area (Å²) in [7, 11) is 0. The van der Waals surface area contributed by atoms with Crippen molar-refractivity contribution in [2.24, 2.45) is 33.7 Å². The van der Waals surface area contributed by atoms with E-state index >= 15 is 0 Å². The predicted molar refractivity (Wildman–Crippen MR) is 111 cm³/mol. The van der Waals surface area contributed by atoms with E-state index in [9.17, 15) is 24.3 Å². The Bertz CT molecular complexity index is 609. The summed E-state index contributed by atoms with van der Waals surface area (Å²) in [6.45, 7) is 0.715. The number of guanidine groups is 1. The van der Waals surface area contributed by atoms with Crippen LogP contribution in [0, 0.1) is 0 Å². The first kappa shape index (κ1) is 27.1. The summed E-state index contributed by atoms with van der Waals surface area (Å²) in [4.78, 5) is 50.9. The maximum absolute atomic E-state index is 12.6. The lowest BCUT2D eigenvalue weighted by molar-refractivity contribution is -0.142. The minimum atomic E-state index is -1.31. The van der Waals surface area contributed by atoms with Gasteiger partial charge in [-0.05, 0) is 45.1 Å². The van der Waals surface area contributed by atoms with Crippen molar-refractivity contribution in [1.82, 2.24) is 10.6 Å². The number of amides is 3. The van der Waals surface area contributed by atoms with Crippen LogP contribution in [-0.4, -0.2) is 66.0 Å². The van der Waals surface area contributed by atoms with Crippen LogP contribution >= 0.6 is 0 Å². The van der Waals surface area contributed by atoms with Gasteiger partial charge in [0, 0.05) is 13.0 Å². The number of aliphatic carboxylic acids is 1. The number of nitrogens with one attached hydrogen (secondary N) is 2. The molecule has 0 bridgehead atoms. The van der Waals surface area contributed by atoms with E-state index in [4.69, 9.17) is 28.7 Å². The first-order chi connectivity index (χ1) is 14.1. The van der Waals surface area contributed by atoms with Gasteiger partial charge in [-0.15, -0.1) is 0 Å². The van der Waals surface area contributed by atoms with Crippen LogP contribution in [0.4, 0.5) is 0 Å². The molecule has 172 valence electrons. The molecule has 0 aromatic heterocycles. The minimum Gasteiger partial charge on any atom is -0.480 e. The molecule has 13 heteroatoms. The van der Waals surface area contributed by atoms with E-state index in [2.05, 4.69) is 15.6 Å². The average molecular weight is 431 g/mol. The quantitative estimate of drug-likeness (QED) is 0.0696. The molecule has 0 fully saturated rings. The minimum absolute atomic E-state index is 0.0611. The summed E-state index contributed by atoms with van der Waals surface area (Å²) in [6, 6.07) is -3.20. The third kappa shape index (κ3) is 12.5. The van der Waals surface area contributed by atoms with Gasteiger partial charge in [0.25, 0.3) is 0 Å². The van der Waals surface area contributed by atoms with Gasteiger partial charge in [-0.1, -0.05) is 0 Å². The van der Waals surface area contributed by atoms with E-state index in [1.54, 1.807) is 0 Å². The van der Waals surface area contributed by atoms with Crippen LogP contribution in [0.5, 0.6) is 0 Å². The van der Waals surface area contributed by atoms with Crippen LogP contribution < -0.4 is 39.3 Å². The van der Waals surface area contributed by atoms with Crippen LogP contribution in [0.3, 0.4) is 0 Å². The van der Waals surface area contributed by atoms with Crippen molar-refractivity contribution in [2.75, 3.05) is 13.1 Å². The third-order valence-corrected chi connectivity index (χ3v) is 4.18. The molecule has 0 aliphatic carbocycles. The van der Waals surface area contributed by atoms with Gasteiger partial charge < -0.3 is 44.4 Å². The van der Waals surface area contributed by atoms with Gasteiger partial charge >= 0.3 is 5.97 Å². The zero-order chi connectivity index (χ0) is 23.1. The Balaban J connectivity index is 4.94. The van der Waals surface area contributed by atoms with E-state index in [-0.39, 0.29) is 31.6 Å². The van der Waals surface area contributed by atoms with E-state index in [0.29, 0.717) is 32.4 Å². The summed E-state index contributed by atoms with van der Waals surface area (Å²) in [5.74, 6) is -3.31. The van der Waals surface area contributed by atoms with Gasteiger partial charge in [-0.3, -0.25) is 19.4 Å². The van der Waals surface area contributed by atoms with Crippen LogP contribution in [0.15, 0.2) is 4.99 Å². The van der Waals surface area contributed by atoms with Gasteiger partial charge in [0.05, 0.1) is 6.04 Å². The number of primary amides is 1. The molecule has 0 aliphatic heterocycles. The lowest BCUT2D eigenvalue weighted by atomic mass is 10.1. The molecule has 0 saturated carbocycles. The number of carbonyl (C=O) groups excluding carboxylic acids is 3. The molecular weight excluding hydrogens is 396 g/mol. The maximum Gasteiger partial charge on any atom is 0.326 e. The maximum atomic E-state index is 12.6. The van der Waals surface area contributed by atoms with Crippen LogP contribution in [0.2, 0.25) is 0 Å². The molecule has 0 aromatic carbocycles. The normalized spacial score (nSPS) is 13.5. The summed E-state index contributed by atoms with van der Waals surface area (Å²) in [6.07, 6.45) is 1.78. The highest BCUT2D eigenvalue weighted by Gasteiger charge is 2.27. The van der Waals surface area contributed by atoms with Crippen molar-refractivity contribution < 1.29 is 24.3 Å². The Morgan fingerprint density at radius 2 is 1.50 bits per heavy atom. The molecule has 3 unspecified atom stereocenters. The predicted octanol–water partition coefficient (Wildman–Crippen LogP) is -3.18. The number of aliphatic imine (C=N–C) groups is 1. The number of carboxylic acid groups (broad SMARTS) is 1. The molecule has 13 N–H and O–H groups in total. The molecule has 0 aliphatic rings. The van der Waals surface area contributed by atoms with Gasteiger partial charge in [0.1, 0.15) is 12.1 Å². The first-order valence-electron chi connectivity index (χ1n) is 9.71. The Morgan fingerprint density at radius 1 is 0.867 bits per heavy atom. The van der Waals surface area contributed by atoms with Crippen molar-refractivity contribution >= 4 is 29.7 Å². The summed E-state index contributed by atoms with van der Waals surface area (Å²) < 4.78 is 0. The van der Waals surface area contributed by atoms with Crippen molar-refractivity contribution in [3.05, 3.63) is 0 Å². The van der Waals surface area contributed by atoms with Gasteiger partial charge in [-0.25, -0.2) is 4.79 Å². The van der Waals surface area contributed by atoms with Crippen molar-refractivity contribution in [1.29, 1.82) is 0 Å². The second-order valence-corrected chi connectivity index (χ2v) is 6.81. The van der Waals surface area contributed by atoms with Crippen molar-refractivity contribution in [3.63, 3.8) is 0 Å². The molecule has 0 saturated heterocycles.